The van der Waals surface area contributed by atoms with E-state index in [1.807, 2.05) is 12.1 Å². The van der Waals surface area contributed by atoms with Gasteiger partial charge in [-0.1, -0.05) is 50.6 Å². The Hall–Kier alpha value is -2.24. The van der Waals surface area contributed by atoms with Crippen LogP contribution in [0.15, 0.2) is 59.5 Å². The minimum atomic E-state index is -3.47. The summed E-state index contributed by atoms with van der Waals surface area (Å²) in [6.07, 6.45) is 6.19. The molecule has 0 aliphatic carbocycles. The van der Waals surface area contributed by atoms with E-state index in [4.69, 9.17) is 0 Å². The third-order valence-corrected chi connectivity index (χ3v) is 7.03. The molecule has 1 aliphatic rings. The molecule has 3 rings (SSSR count). The molecule has 0 aromatic heterocycles. The number of carbonyl (C=O) groups excluding carboxylic acids is 1. The van der Waals surface area contributed by atoms with Crippen molar-refractivity contribution in [3.8, 4) is 0 Å². The quantitative estimate of drug-likeness (QED) is 0.516. The predicted octanol–water partition coefficient (Wildman–Crippen LogP) is 4.88. The summed E-state index contributed by atoms with van der Waals surface area (Å²) >= 11 is 0. The monoisotopic (exact) mass is 397 g/mol. The highest BCUT2D eigenvalue weighted by Gasteiger charge is 2.25. The minimum Gasteiger partial charge on any atom is -0.289 e. The Morgan fingerprint density at radius 3 is 2.11 bits per heavy atom. The van der Waals surface area contributed by atoms with Crippen LogP contribution in [-0.2, 0) is 10.0 Å². The molecule has 1 heterocycles. The molecule has 1 saturated heterocycles. The van der Waals surface area contributed by atoms with Crippen LogP contribution in [0.25, 0.3) is 6.08 Å². The maximum Gasteiger partial charge on any atom is 0.243 e. The van der Waals surface area contributed by atoms with Gasteiger partial charge >= 0.3 is 0 Å². The van der Waals surface area contributed by atoms with Crippen molar-refractivity contribution in [2.75, 3.05) is 13.1 Å². The summed E-state index contributed by atoms with van der Waals surface area (Å²) < 4.78 is 26.9. The van der Waals surface area contributed by atoms with Crippen molar-refractivity contribution in [2.45, 2.75) is 43.9 Å². The van der Waals surface area contributed by atoms with Gasteiger partial charge in [0.25, 0.3) is 0 Å². The fourth-order valence-corrected chi connectivity index (χ4v) is 4.82. The normalized spacial score (nSPS) is 16.0. The number of carbonyl (C=O) groups is 1. The molecule has 0 radical (unpaired) electrons. The summed E-state index contributed by atoms with van der Waals surface area (Å²) in [4.78, 5) is 12.7. The van der Waals surface area contributed by atoms with Gasteiger partial charge in [-0.15, -0.1) is 0 Å². The van der Waals surface area contributed by atoms with Crippen LogP contribution < -0.4 is 0 Å². The molecule has 4 nitrogen and oxygen atoms in total. The van der Waals surface area contributed by atoms with Crippen LogP contribution in [0.3, 0.4) is 0 Å². The Morgan fingerprint density at radius 2 is 1.54 bits per heavy atom. The van der Waals surface area contributed by atoms with Gasteiger partial charge in [0.15, 0.2) is 5.78 Å². The number of rotatable bonds is 6. The van der Waals surface area contributed by atoms with Gasteiger partial charge in [0.05, 0.1) is 4.90 Å². The number of benzene rings is 2. The van der Waals surface area contributed by atoms with Crippen LogP contribution in [0.4, 0.5) is 0 Å². The molecule has 148 valence electrons. The van der Waals surface area contributed by atoms with Crippen molar-refractivity contribution < 1.29 is 13.2 Å². The number of hydrogen-bond acceptors (Lipinski definition) is 3. The number of piperidine rings is 1. The fraction of sp³-hybridized carbons (Fsp3) is 0.348. The second kappa shape index (κ2) is 8.84. The molecular formula is C23H27NO3S. The van der Waals surface area contributed by atoms with Crippen LogP contribution in [-0.4, -0.2) is 31.6 Å². The molecule has 0 amide bonds. The van der Waals surface area contributed by atoms with Crippen molar-refractivity contribution >= 4 is 21.9 Å². The van der Waals surface area contributed by atoms with Gasteiger partial charge in [0.2, 0.25) is 10.0 Å². The Labute approximate surface area is 167 Å². The SMILES string of the molecule is CC(C)c1ccc(/C=C/C(=O)c2ccc(S(=O)(=O)N3CCCCC3)cc2)cc1. The second-order valence-corrected chi connectivity index (χ2v) is 9.45. The molecule has 2 aromatic carbocycles. The number of hydrogen-bond donors (Lipinski definition) is 0. The Balaban J connectivity index is 1.69. The zero-order valence-corrected chi connectivity index (χ0v) is 17.3. The van der Waals surface area contributed by atoms with Crippen LogP contribution in [0.5, 0.6) is 0 Å². The molecule has 5 heteroatoms. The van der Waals surface area contributed by atoms with E-state index in [1.165, 1.54) is 28.1 Å². The highest BCUT2D eigenvalue weighted by Crippen LogP contribution is 2.21. The summed E-state index contributed by atoms with van der Waals surface area (Å²) in [5.74, 6) is 0.328. The van der Waals surface area contributed by atoms with Gasteiger partial charge in [-0.3, -0.25) is 4.79 Å². The maximum atomic E-state index is 12.7. The van der Waals surface area contributed by atoms with Gasteiger partial charge in [-0.05, 0) is 60.2 Å². The molecule has 0 atom stereocenters. The molecule has 1 aliphatic heterocycles. The Morgan fingerprint density at radius 1 is 0.929 bits per heavy atom. The lowest BCUT2D eigenvalue weighted by atomic mass is 10.0. The molecule has 0 saturated carbocycles. The van der Waals surface area contributed by atoms with Gasteiger partial charge in [-0.2, -0.15) is 4.31 Å². The summed E-state index contributed by atoms with van der Waals surface area (Å²) in [5, 5.41) is 0. The Bertz CT molecular complexity index is 936. The maximum absolute atomic E-state index is 12.7. The van der Waals surface area contributed by atoms with E-state index in [0.29, 0.717) is 24.6 Å². The summed E-state index contributed by atoms with van der Waals surface area (Å²) in [6, 6.07) is 14.4. The third-order valence-electron chi connectivity index (χ3n) is 5.12. The van der Waals surface area contributed by atoms with Crippen molar-refractivity contribution in [1.82, 2.24) is 4.31 Å². The average Bonchev–Trinajstić information content (AvgIpc) is 2.73. The first-order valence-corrected chi connectivity index (χ1v) is 11.2. The summed E-state index contributed by atoms with van der Waals surface area (Å²) in [7, 11) is -3.47. The molecule has 2 aromatic rings. The van der Waals surface area contributed by atoms with Gasteiger partial charge in [-0.25, -0.2) is 8.42 Å². The summed E-state index contributed by atoms with van der Waals surface area (Å²) in [6.45, 7) is 5.43. The summed E-state index contributed by atoms with van der Waals surface area (Å²) in [5.41, 5.74) is 2.70. The van der Waals surface area contributed by atoms with E-state index in [0.717, 1.165) is 24.8 Å². The van der Waals surface area contributed by atoms with Crippen molar-refractivity contribution in [3.05, 3.63) is 71.3 Å². The zero-order chi connectivity index (χ0) is 20.1. The predicted molar refractivity (Wildman–Crippen MR) is 113 cm³/mol. The molecule has 0 N–H and O–H groups in total. The van der Waals surface area contributed by atoms with E-state index in [1.54, 1.807) is 18.2 Å². The molecule has 0 bridgehead atoms. The van der Waals surface area contributed by atoms with Crippen molar-refractivity contribution in [3.63, 3.8) is 0 Å². The topological polar surface area (TPSA) is 54.5 Å². The number of ketones is 1. The molecule has 0 spiro atoms. The van der Waals surface area contributed by atoms with Gasteiger partial charge < -0.3 is 0 Å². The number of nitrogens with zero attached hydrogens (tertiary/aromatic N) is 1. The van der Waals surface area contributed by atoms with Crippen LogP contribution in [0.2, 0.25) is 0 Å². The van der Waals surface area contributed by atoms with Crippen LogP contribution in [0, 0.1) is 0 Å². The lowest BCUT2D eigenvalue weighted by molar-refractivity contribution is 0.104. The number of sulfonamides is 1. The first-order chi connectivity index (χ1) is 13.4. The lowest BCUT2D eigenvalue weighted by Gasteiger charge is -2.25. The molecular weight excluding hydrogens is 370 g/mol. The second-order valence-electron chi connectivity index (χ2n) is 7.51. The smallest absolute Gasteiger partial charge is 0.243 e. The van der Waals surface area contributed by atoms with E-state index >= 15 is 0 Å². The molecule has 1 fully saturated rings. The fourth-order valence-electron chi connectivity index (χ4n) is 3.31. The molecule has 28 heavy (non-hydrogen) atoms. The van der Waals surface area contributed by atoms with Crippen molar-refractivity contribution in [1.29, 1.82) is 0 Å². The van der Waals surface area contributed by atoms with Crippen LogP contribution in [0.1, 0.15) is 60.5 Å². The first-order valence-electron chi connectivity index (χ1n) is 9.80. The minimum absolute atomic E-state index is 0.144. The van der Waals surface area contributed by atoms with E-state index in [-0.39, 0.29) is 10.7 Å². The standard InChI is InChI=1S/C23H27NO3S/c1-18(2)20-9-6-19(7-10-20)8-15-23(25)21-11-13-22(14-12-21)28(26,27)24-16-4-3-5-17-24/h6-15,18H,3-5,16-17H2,1-2H3/b15-8+. The van der Waals surface area contributed by atoms with Crippen LogP contribution >= 0.6 is 0 Å². The third kappa shape index (κ3) is 4.78. The van der Waals surface area contributed by atoms with E-state index in [9.17, 15) is 13.2 Å². The largest absolute Gasteiger partial charge is 0.289 e. The zero-order valence-electron chi connectivity index (χ0n) is 16.5. The highest BCUT2D eigenvalue weighted by atomic mass is 32.2. The highest BCUT2D eigenvalue weighted by molar-refractivity contribution is 7.89. The van der Waals surface area contributed by atoms with Crippen molar-refractivity contribution in [2.24, 2.45) is 0 Å². The molecule has 0 unspecified atom stereocenters. The average molecular weight is 398 g/mol. The number of allylic oxidation sites excluding steroid dienone is 1. The van der Waals surface area contributed by atoms with E-state index in [2.05, 4.69) is 26.0 Å². The van der Waals surface area contributed by atoms with Gasteiger partial charge in [0.1, 0.15) is 0 Å². The first kappa shape index (κ1) is 20.5. The lowest BCUT2D eigenvalue weighted by Crippen LogP contribution is -2.35. The Kier molecular flexibility index (Phi) is 6.47. The van der Waals surface area contributed by atoms with E-state index < -0.39 is 10.0 Å². The van der Waals surface area contributed by atoms with Gasteiger partial charge in [0, 0.05) is 18.7 Å².